The Hall–Kier alpha value is -3.46. The van der Waals surface area contributed by atoms with E-state index in [2.05, 4.69) is 4.99 Å². The summed E-state index contributed by atoms with van der Waals surface area (Å²) in [5, 5.41) is 10.6. The lowest BCUT2D eigenvalue weighted by atomic mass is 10.1. The van der Waals surface area contributed by atoms with E-state index >= 15 is 0 Å². The standard InChI is InChI=1S/C28H24Cl2N2O5S/c1-3-32-26(33)24(38-28(32)31-21-11-7-19(8-12-21)27(34)35)15-18-13-22(30)25(23(14-18)36-4-2)37-16-17-5-9-20(29)10-6-17/h5-15H,3-4,16H2,1-2H3,(H,34,35). The molecule has 1 saturated heterocycles. The van der Waals surface area contributed by atoms with E-state index in [0.29, 0.717) is 56.0 Å². The van der Waals surface area contributed by atoms with Gasteiger partial charge in [0, 0.05) is 11.6 Å². The molecule has 10 heteroatoms. The molecule has 1 heterocycles. The smallest absolute Gasteiger partial charge is 0.335 e. The number of thioether (sulfide) groups is 1. The van der Waals surface area contributed by atoms with E-state index < -0.39 is 5.97 Å². The second kappa shape index (κ2) is 12.4. The minimum absolute atomic E-state index is 0.166. The summed E-state index contributed by atoms with van der Waals surface area (Å²) >= 11 is 13.8. The molecule has 3 aromatic carbocycles. The fraction of sp³-hybridized carbons (Fsp3) is 0.179. The van der Waals surface area contributed by atoms with Crippen molar-refractivity contribution < 1.29 is 24.2 Å². The second-order valence-corrected chi connectivity index (χ2v) is 9.94. The zero-order valence-electron chi connectivity index (χ0n) is 20.6. The Kier molecular flexibility index (Phi) is 8.99. The van der Waals surface area contributed by atoms with Gasteiger partial charge in [0.1, 0.15) is 6.61 Å². The van der Waals surface area contributed by atoms with Crippen molar-refractivity contribution in [1.82, 2.24) is 4.90 Å². The number of amides is 1. The third-order valence-corrected chi connectivity index (χ3v) is 7.01. The molecule has 3 aromatic rings. The lowest BCUT2D eigenvalue weighted by molar-refractivity contribution is -0.122. The maximum atomic E-state index is 13.1. The van der Waals surface area contributed by atoms with E-state index in [-0.39, 0.29) is 18.1 Å². The van der Waals surface area contributed by atoms with Crippen LogP contribution in [0.1, 0.15) is 35.3 Å². The third-order valence-electron chi connectivity index (χ3n) is 5.47. The molecular weight excluding hydrogens is 547 g/mol. The number of rotatable bonds is 9. The molecule has 0 radical (unpaired) electrons. The van der Waals surface area contributed by atoms with Crippen LogP contribution in [-0.2, 0) is 11.4 Å². The van der Waals surface area contributed by atoms with E-state index in [1.165, 1.54) is 23.9 Å². The molecule has 7 nitrogen and oxygen atoms in total. The van der Waals surface area contributed by atoms with Crippen molar-refractivity contribution in [2.24, 2.45) is 4.99 Å². The highest BCUT2D eigenvalue weighted by molar-refractivity contribution is 8.18. The molecule has 1 aliphatic rings. The highest BCUT2D eigenvalue weighted by atomic mass is 35.5. The van der Waals surface area contributed by atoms with Crippen molar-refractivity contribution in [3.8, 4) is 11.5 Å². The highest BCUT2D eigenvalue weighted by Crippen LogP contribution is 2.40. The summed E-state index contributed by atoms with van der Waals surface area (Å²) < 4.78 is 11.8. The molecule has 1 amide bonds. The number of nitrogens with zero attached hydrogens (tertiary/aromatic N) is 2. The van der Waals surface area contributed by atoms with Gasteiger partial charge in [-0.2, -0.15) is 0 Å². The summed E-state index contributed by atoms with van der Waals surface area (Å²) in [6, 6.07) is 17.0. The normalized spacial score (nSPS) is 15.4. The molecule has 38 heavy (non-hydrogen) atoms. The van der Waals surface area contributed by atoms with Gasteiger partial charge in [0.15, 0.2) is 16.7 Å². The Bertz CT molecular complexity index is 1410. The minimum Gasteiger partial charge on any atom is -0.490 e. The lowest BCUT2D eigenvalue weighted by Gasteiger charge is -2.15. The zero-order valence-corrected chi connectivity index (χ0v) is 22.9. The minimum atomic E-state index is -1.01. The highest BCUT2D eigenvalue weighted by Gasteiger charge is 2.32. The second-order valence-electron chi connectivity index (χ2n) is 8.08. The Balaban J connectivity index is 1.59. The molecule has 0 aliphatic carbocycles. The third kappa shape index (κ3) is 6.51. The van der Waals surface area contributed by atoms with Gasteiger partial charge in [0.2, 0.25) is 0 Å². The van der Waals surface area contributed by atoms with Crippen LogP contribution in [0.5, 0.6) is 11.5 Å². The van der Waals surface area contributed by atoms with Crippen molar-refractivity contribution in [2.75, 3.05) is 13.2 Å². The number of carbonyl (C=O) groups excluding carboxylic acids is 1. The van der Waals surface area contributed by atoms with Crippen molar-refractivity contribution in [2.45, 2.75) is 20.5 Å². The molecule has 0 bridgehead atoms. The monoisotopic (exact) mass is 570 g/mol. The van der Waals surface area contributed by atoms with Crippen LogP contribution in [-0.4, -0.2) is 40.2 Å². The molecule has 4 rings (SSSR count). The summed E-state index contributed by atoms with van der Waals surface area (Å²) in [7, 11) is 0. The average Bonchev–Trinajstić information content (AvgIpc) is 3.18. The maximum absolute atomic E-state index is 13.1. The quantitative estimate of drug-likeness (QED) is 0.271. The predicted octanol–water partition coefficient (Wildman–Crippen LogP) is 7.29. The van der Waals surface area contributed by atoms with Gasteiger partial charge in [0.05, 0.1) is 27.8 Å². The van der Waals surface area contributed by atoms with E-state index in [0.717, 1.165) is 5.56 Å². The summed E-state index contributed by atoms with van der Waals surface area (Å²) in [6.45, 7) is 4.84. The fourth-order valence-corrected chi connectivity index (χ4v) is 5.08. The van der Waals surface area contributed by atoms with Crippen LogP contribution in [0.2, 0.25) is 10.0 Å². The van der Waals surface area contributed by atoms with Gasteiger partial charge in [-0.25, -0.2) is 9.79 Å². The number of ether oxygens (including phenoxy) is 2. The predicted molar refractivity (Wildman–Crippen MR) is 152 cm³/mol. The first-order chi connectivity index (χ1) is 18.3. The van der Waals surface area contributed by atoms with Crippen molar-refractivity contribution in [3.05, 3.63) is 92.3 Å². The van der Waals surface area contributed by atoms with Gasteiger partial charge in [-0.05, 0) is 91.3 Å². The molecule has 0 unspecified atom stereocenters. The molecule has 0 aromatic heterocycles. The van der Waals surface area contributed by atoms with Gasteiger partial charge in [-0.15, -0.1) is 0 Å². The van der Waals surface area contributed by atoms with E-state index in [4.69, 9.17) is 37.8 Å². The van der Waals surface area contributed by atoms with E-state index in [1.807, 2.05) is 26.0 Å². The van der Waals surface area contributed by atoms with Gasteiger partial charge in [0.25, 0.3) is 5.91 Å². The summed E-state index contributed by atoms with van der Waals surface area (Å²) in [5.41, 5.74) is 2.32. The van der Waals surface area contributed by atoms with Gasteiger partial charge in [-0.3, -0.25) is 9.69 Å². The molecule has 0 atom stereocenters. The first-order valence-corrected chi connectivity index (χ1v) is 13.3. The first kappa shape index (κ1) is 27.6. The van der Waals surface area contributed by atoms with Crippen LogP contribution in [0.15, 0.2) is 70.6 Å². The first-order valence-electron chi connectivity index (χ1n) is 11.8. The van der Waals surface area contributed by atoms with Gasteiger partial charge >= 0.3 is 5.97 Å². The number of carboxylic acids is 1. The van der Waals surface area contributed by atoms with E-state index in [1.54, 1.807) is 47.4 Å². The van der Waals surface area contributed by atoms with E-state index in [9.17, 15) is 9.59 Å². The number of carbonyl (C=O) groups is 2. The SMILES string of the molecule is CCOc1cc(C=C2SC(=Nc3ccc(C(=O)O)cc3)N(CC)C2=O)cc(Cl)c1OCc1ccc(Cl)cc1. The Morgan fingerprint density at radius 2 is 1.76 bits per heavy atom. The van der Waals surface area contributed by atoms with Crippen LogP contribution in [0.25, 0.3) is 6.08 Å². The summed E-state index contributed by atoms with van der Waals surface area (Å²) in [4.78, 5) is 30.8. The summed E-state index contributed by atoms with van der Waals surface area (Å²) in [5.74, 6) is -0.314. The number of benzene rings is 3. The average molecular weight is 571 g/mol. The number of carboxylic acid groups (broad SMARTS) is 1. The topological polar surface area (TPSA) is 88.4 Å². The number of hydrogen-bond donors (Lipinski definition) is 1. The number of aromatic carboxylic acids is 1. The van der Waals surface area contributed by atoms with Crippen LogP contribution in [0.4, 0.5) is 5.69 Å². The van der Waals surface area contributed by atoms with Crippen LogP contribution >= 0.6 is 35.0 Å². The van der Waals surface area contributed by atoms with Crippen LogP contribution in [0, 0.1) is 0 Å². The number of halogens is 2. The molecule has 1 fully saturated rings. The Labute approximate surface area is 234 Å². The molecular formula is C28H24Cl2N2O5S. The molecule has 1 aliphatic heterocycles. The largest absolute Gasteiger partial charge is 0.490 e. The van der Waals surface area contributed by atoms with Gasteiger partial charge in [-0.1, -0.05) is 35.3 Å². The number of aliphatic imine (C=N–C) groups is 1. The number of likely N-dealkylation sites (N-methyl/N-ethyl adjacent to an activating group) is 1. The molecule has 0 spiro atoms. The Morgan fingerprint density at radius 1 is 1.05 bits per heavy atom. The zero-order chi connectivity index (χ0) is 27.2. The summed E-state index contributed by atoms with van der Waals surface area (Å²) in [6.07, 6.45) is 1.74. The fourth-order valence-electron chi connectivity index (χ4n) is 3.62. The lowest BCUT2D eigenvalue weighted by Crippen LogP contribution is -2.28. The molecule has 0 saturated carbocycles. The van der Waals surface area contributed by atoms with Crippen LogP contribution in [0.3, 0.4) is 0 Å². The van der Waals surface area contributed by atoms with Crippen molar-refractivity contribution in [1.29, 1.82) is 0 Å². The Morgan fingerprint density at radius 3 is 2.39 bits per heavy atom. The number of hydrogen-bond acceptors (Lipinski definition) is 6. The number of amidine groups is 1. The van der Waals surface area contributed by atoms with Crippen LogP contribution < -0.4 is 9.47 Å². The van der Waals surface area contributed by atoms with Gasteiger partial charge < -0.3 is 14.6 Å². The maximum Gasteiger partial charge on any atom is 0.335 e. The molecule has 196 valence electrons. The van der Waals surface area contributed by atoms with Crippen molar-refractivity contribution in [3.63, 3.8) is 0 Å². The molecule has 1 N–H and O–H groups in total. The van der Waals surface area contributed by atoms with Crippen molar-refractivity contribution >= 4 is 63.8 Å².